The van der Waals surface area contributed by atoms with Crippen molar-refractivity contribution in [3.05, 3.63) is 42.1 Å². The summed E-state index contributed by atoms with van der Waals surface area (Å²) in [6.45, 7) is 7.07. The van der Waals surface area contributed by atoms with Crippen molar-refractivity contribution >= 4 is 12.4 Å². The Hall–Kier alpha value is -1.65. The van der Waals surface area contributed by atoms with Crippen LogP contribution in [0.3, 0.4) is 0 Å². The molecule has 3 rings (SSSR count). The molecule has 0 atom stereocenters. The molecule has 0 amide bonds. The van der Waals surface area contributed by atoms with E-state index in [1.807, 2.05) is 19.2 Å². The molecule has 1 aliphatic heterocycles. The van der Waals surface area contributed by atoms with E-state index < -0.39 is 0 Å². The fourth-order valence-electron chi connectivity index (χ4n) is 3.43. The van der Waals surface area contributed by atoms with Crippen LogP contribution in [0.25, 0.3) is 0 Å². The quantitative estimate of drug-likeness (QED) is 0.621. The smallest absolute Gasteiger partial charge is 0.168 e. The number of hydrazone groups is 1. The summed E-state index contributed by atoms with van der Waals surface area (Å²) in [6, 6.07) is 8.62. The Balaban J connectivity index is 1.65. The summed E-state index contributed by atoms with van der Waals surface area (Å²) in [7, 11) is 0. The summed E-state index contributed by atoms with van der Waals surface area (Å²) in [5.41, 5.74) is 2.42. The summed E-state index contributed by atoms with van der Waals surface area (Å²) >= 11 is 0. The summed E-state index contributed by atoms with van der Waals surface area (Å²) < 4.78 is 11.6. The van der Waals surface area contributed by atoms with Crippen molar-refractivity contribution in [2.45, 2.75) is 44.3 Å². The van der Waals surface area contributed by atoms with Crippen LogP contribution < -0.4 is 5.01 Å². The van der Waals surface area contributed by atoms with Gasteiger partial charge in [-0.05, 0) is 43.4 Å². The molecule has 0 N–H and O–H groups in total. The Bertz CT molecular complexity index is 523. The fourth-order valence-corrected chi connectivity index (χ4v) is 3.43. The number of nitrogens with zero attached hydrogens (tertiary/aromatic N) is 2. The first-order valence-electron chi connectivity index (χ1n) is 8.03. The molecule has 4 nitrogen and oxygen atoms in total. The van der Waals surface area contributed by atoms with Gasteiger partial charge in [0.1, 0.15) is 0 Å². The van der Waals surface area contributed by atoms with E-state index in [4.69, 9.17) is 9.47 Å². The average molecular weight is 300 g/mol. The van der Waals surface area contributed by atoms with Crippen LogP contribution in [0.2, 0.25) is 0 Å². The van der Waals surface area contributed by atoms with Gasteiger partial charge in [-0.25, -0.2) is 5.01 Å². The minimum absolute atomic E-state index is 0.272. The van der Waals surface area contributed by atoms with E-state index in [2.05, 4.69) is 36.1 Å². The van der Waals surface area contributed by atoms with E-state index in [1.165, 1.54) is 5.56 Å². The molecule has 0 bridgehead atoms. The Kier molecular flexibility index (Phi) is 4.60. The van der Waals surface area contributed by atoms with Crippen molar-refractivity contribution in [1.82, 2.24) is 0 Å². The van der Waals surface area contributed by atoms with Crippen LogP contribution in [-0.4, -0.2) is 25.7 Å². The summed E-state index contributed by atoms with van der Waals surface area (Å²) in [5.74, 6) is 0.325. The molecule has 2 aliphatic rings. The Morgan fingerprint density at radius 1 is 1.18 bits per heavy atom. The maximum atomic E-state index is 5.80. The zero-order chi connectivity index (χ0) is 15.4. The fraction of sp³-hybridized carbons (Fsp3) is 0.500. The Morgan fingerprint density at radius 3 is 2.36 bits per heavy atom. The van der Waals surface area contributed by atoms with Crippen LogP contribution in [-0.2, 0) is 9.47 Å². The molecule has 0 radical (unpaired) electrons. The lowest BCUT2D eigenvalue weighted by atomic mass is 9.81. The van der Waals surface area contributed by atoms with E-state index in [9.17, 15) is 0 Å². The Morgan fingerprint density at radius 2 is 1.82 bits per heavy atom. The molecule has 2 fully saturated rings. The molecule has 1 aromatic rings. The van der Waals surface area contributed by atoms with Crippen molar-refractivity contribution in [3.63, 3.8) is 0 Å². The summed E-state index contributed by atoms with van der Waals surface area (Å²) in [6.07, 6.45) is 8.10. The highest BCUT2D eigenvalue weighted by atomic mass is 16.7. The molecule has 1 saturated heterocycles. The minimum Gasteiger partial charge on any atom is -0.348 e. The molecule has 1 aromatic carbocycles. The van der Waals surface area contributed by atoms with E-state index in [0.29, 0.717) is 5.92 Å². The number of allylic oxidation sites excluding steroid dienone is 1. The molecule has 1 heterocycles. The number of rotatable bonds is 4. The summed E-state index contributed by atoms with van der Waals surface area (Å²) in [5, 5.41) is 5.78. The molecule has 1 saturated carbocycles. The number of hydrogen-bond donors (Lipinski definition) is 0. The second kappa shape index (κ2) is 6.63. The van der Waals surface area contributed by atoms with Crippen LogP contribution in [0.15, 0.2) is 41.6 Å². The predicted octanol–water partition coefficient (Wildman–Crippen LogP) is 4.04. The molecule has 0 aromatic heterocycles. The van der Waals surface area contributed by atoms with E-state index in [-0.39, 0.29) is 5.79 Å². The van der Waals surface area contributed by atoms with Crippen molar-refractivity contribution < 1.29 is 9.47 Å². The normalized spacial score (nSPS) is 21.5. The standard InChI is InChI=1S/C18H24N2O2/c1-3-12-20(19-2)17-6-4-15(5-7-17)16-8-10-18(11-9-16)21-13-14-22-18/h3-7,12,16H,2,8-11,13-14H2,1H3/b12-3-. The first-order valence-corrected chi connectivity index (χ1v) is 8.03. The third-order valence-electron chi connectivity index (χ3n) is 4.63. The van der Waals surface area contributed by atoms with Crippen LogP contribution >= 0.6 is 0 Å². The highest BCUT2D eigenvalue weighted by molar-refractivity contribution is 5.51. The van der Waals surface area contributed by atoms with E-state index in [1.54, 1.807) is 5.01 Å². The van der Waals surface area contributed by atoms with Crippen molar-refractivity contribution in [3.8, 4) is 0 Å². The average Bonchev–Trinajstić information content (AvgIpc) is 3.02. The predicted molar refractivity (Wildman–Crippen MR) is 89.1 cm³/mol. The number of hydrogen-bond acceptors (Lipinski definition) is 4. The third-order valence-corrected chi connectivity index (χ3v) is 4.63. The third kappa shape index (κ3) is 3.08. The van der Waals surface area contributed by atoms with Crippen molar-refractivity contribution in [2.24, 2.45) is 5.10 Å². The van der Waals surface area contributed by atoms with Gasteiger partial charge in [-0.1, -0.05) is 18.2 Å². The van der Waals surface area contributed by atoms with Gasteiger partial charge in [0.15, 0.2) is 5.79 Å². The van der Waals surface area contributed by atoms with E-state index in [0.717, 1.165) is 44.6 Å². The second-order valence-electron chi connectivity index (χ2n) is 5.94. The highest BCUT2D eigenvalue weighted by Crippen LogP contribution is 2.42. The highest BCUT2D eigenvalue weighted by Gasteiger charge is 2.40. The lowest BCUT2D eigenvalue weighted by molar-refractivity contribution is -0.178. The van der Waals surface area contributed by atoms with Crippen LogP contribution in [0.4, 0.5) is 5.69 Å². The van der Waals surface area contributed by atoms with Gasteiger partial charge in [0.05, 0.1) is 18.9 Å². The van der Waals surface area contributed by atoms with Crippen LogP contribution in [0.5, 0.6) is 0 Å². The SMILES string of the molecule is C=NN(/C=C\C)c1ccc(C2CCC3(CC2)OCCO3)cc1. The first kappa shape index (κ1) is 15.3. The molecule has 22 heavy (non-hydrogen) atoms. The molecule has 1 aliphatic carbocycles. The zero-order valence-electron chi connectivity index (χ0n) is 13.2. The first-order chi connectivity index (χ1) is 10.8. The Labute approximate surface area is 132 Å². The van der Waals surface area contributed by atoms with Crippen LogP contribution in [0, 0.1) is 0 Å². The maximum Gasteiger partial charge on any atom is 0.168 e. The molecule has 4 heteroatoms. The van der Waals surface area contributed by atoms with Gasteiger partial charge in [-0.2, -0.15) is 5.10 Å². The second-order valence-corrected chi connectivity index (χ2v) is 5.94. The number of ether oxygens (including phenoxy) is 2. The lowest BCUT2D eigenvalue weighted by Gasteiger charge is -2.35. The largest absolute Gasteiger partial charge is 0.348 e. The van der Waals surface area contributed by atoms with Gasteiger partial charge in [0, 0.05) is 25.8 Å². The van der Waals surface area contributed by atoms with Gasteiger partial charge >= 0.3 is 0 Å². The minimum atomic E-state index is -0.272. The monoisotopic (exact) mass is 300 g/mol. The zero-order valence-corrected chi connectivity index (χ0v) is 13.2. The van der Waals surface area contributed by atoms with Gasteiger partial charge in [-0.15, -0.1) is 0 Å². The van der Waals surface area contributed by atoms with Gasteiger partial charge in [0.25, 0.3) is 0 Å². The maximum absolute atomic E-state index is 5.80. The molecule has 118 valence electrons. The summed E-state index contributed by atoms with van der Waals surface area (Å²) in [4.78, 5) is 0. The van der Waals surface area contributed by atoms with E-state index >= 15 is 0 Å². The number of anilines is 1. The lowest BCUT2D eigenvalue weighted by Crippen LogP contribution is -2.34. The van der Waals surface area contributed by atoms with Gasteiger partial charge in [-0.3, -0.25) is 0 Å². The van der Waals surface area contributed by atoms with Crippen molar-refractivity contribution in [2.75, 3.05) is 18.2 Å². The number of benzene rings is 1. The molecular formula is C18H24N2O2. The van der Waals surface area contributed by atoms with Gasteiger partial charge < -0.3 is 9.47 Å². The van der Waals surface area contributed by atoms with Gasteiger partial charge in [0.2, 0.25) is 0 Å². The van der Waals surface area contributed by atoms with Crippen LogP contribution in [0.1, 0.15) is 44.1 Å². The molecule has 0 unspecified atom stereocenters. The molecular weight excluding hydrogens is 276 g/mol. The van der Waals surface area contributed by atoms with Crippen molar-refractivity contribution in [1.29, 1.82) is 0 Å². The molecule has 1 spiro atoms. The topological polar surface area (TPSA) is 34.1 Å².